The molecule has 1 aromatic carbocycles. The van der Waals surface area contributed by atoms with E-state index in [9.17, 15) is 28.8 Å². The molecular weight excluding hydrogens is 502 g/mol. The number of carboxylic acid groups (broad SMARTS) is 1. The normalized spacial score (nSPS) is 18.8. The maximum Gasteiger partial charge on any atom is 0.329 e. The Labute approximate surface area is 216 Å². The number of hydrogen-bond donors (Lipinski definition) is 3. The fourth-order valence-corrected chi connectivity index (χ4v) is 4.16. The molecule has 1 aromatic rings. The molecule has 1 fully saturated rings. The first-order valence-electron chi connectivity index (χ1n) is 11.8. The molecule has 0 radical (unpaired) electrons. The minimum Gasteiger partial charge on any atom is -0.480 e. The van der Waals surface area contributed by atoms with Gasteiger partial charge in [-0.3, -0.25) is 39.2 Å². The smallest absolute Gasteiger partial charge is 0.329 e. The number of nitrogens with one attached hydrogen (secondary N) is 2. The average molecular weight is 527 g/mol. The summed E-state index contributed by atoms with van der Waals surface area (Å²) in [7, 11) is 0. The van der Waals surface area contributed by atoms with Gasteiger partial charge in [0.15, 0.2) is 0 Å². The Bertz CT molecular complexity index is 1240. The molecule has 0 aromatic heterocycles. The van der Waals surface area contributed by atoms with Gasteiger partial charge in [0.2, 0.25) is 11.8 Å². The summed E-state index contributed by atoms with van der Waals surface area (Å²) >= 11 is 0. The van der Waals surface area contributed by atoms with E-state index in [4.69, 9.17) is 14.6 Å². The number of amides is 5. The number of hydrogen-bond acceptors (Lipinski definition) is 10. The van der Waals surface area contributed by atoms with E-state index in [2.05, 4.69) is 15.6 Å². The summed E-state index contributed by atoms with van der Waals surface area (Å²) in [6.07, 6.45) is 3.12. The zero-order chi connectivity index (χ0) is 27.2. The van der Waals surface area contributed by atoms with Crippen LogP contribution in [0, 0.1) is 0 Å². The molecule has 4 rings (SSSR count). The second kappa shape index (κ2) is 11.7. The van der Waals surface area contributed by atoms with Crippen molar-refractivity contribution in [3.63, 3.8) is 0 Å². The third kappa shape index (κ3) is 5.76. The van der Waals surface area contributed by atoms with E-state index in [1.807, 2.05) is 0 Å². The quantitative estimate of drug-likeness (QED) is 0.240. The average Bonchev–Trinajstić information content (AvgIpc) is 3.15. The lowest BCUT2D eigenvalue weighted by molar-refractivity contribution is -0.142. The number of ether oxygens (including phenoxy) is 2. The zero-order valence-electron chi connectivity index (χ0n) is 20.2. The number of rotatable bonds is 11. The maximum atomic E-state index is 13.3. The summed E-state index contributed by atoms with van der Waals surface area (Å²) in [6, 6.07) is 3.68. The molecule has 3 aliphatic rings. The van der Waals surface area contributed by atoms with E-state index in [0.717, 1.165) is 4.90 Å². The molecule has 0 aliphatic carbocycles. The zero-order valence-corrected chi connectivity index (χ0v) is 20.2. The molecule has 3 aliphatic heterocycles. The Morgan fingerprint density at radius 1 is 1.11 bits per heavy atom. The van der Waals surface area contributed by atoms with Gasteiger partial charge in [-0.05, 0) is 24.6 Å². The molecule has 14 heteroatoms. The van der Waals surface area contributed by atoms with E-state index in [1.54, 1.807) is 23.2 Å². The Hall–Kier alpha value is -4.43. The van der Waals surface area contributed by atoms with Crippen molar-refractivity contribution in [2.24, 2.45) is 4.99 Å². The number of carboxylic acids is 1. The minimum absolute atomic E-state index is 0.00695. The second-order valence-electron chi connectivity index (χ2n) is 8.43. The third-order valence-electron chi connectivity index (χ3n) is 5.92. The Kier molecular flexibility index (Phi) is 8.23. The van der Waals surface area contributed by atoms with Crippen molar-refractivity contribution in [1.29, 1.82) is 0 Å². The van der Waals surface area contributed by atoms with Crippen LogP contribution in [-0.4, -0.2) is 96.9 Å². The monoisotopic (exact) mass is 527 g/mol. The van der Waals surface area contributed by atoms with Crippen molar-refractivity contribution >= 4 is 46.9 Å². The number of nitrogens with zero attached hydrogens (tertiary/aromatic N) is 3. The van der Waals surface area contributed by atoms with Crippen molar-refractivity contribution in [2.45, 2.75) is 18.9 Å². The van der Waals surface area contributed by atoms with Gasteiger partial charge < -0.3 is 24.8 Å². The minimum atomic E-state index is -1.07. The molecule has 1 unspecified atom stereocenters. The van der Waals surface area contributed by atoms with E-state index in [1.165, 1.54) is 12.1 Å². The van der Waals surface area contributed by atoms with Crippen molar-refractivity contribution in [3.05, 3.63) is 41.6 Å². The van der Waals surface area contributed by atoms with Crippen LogP contribution in [-0.2, 0) is 28.7 Å². The number of aliphatic imine (C=N–C) groups is 1. The maximum absolute atomic E-state index is 13.3. The van der Waals surface area contributed by atoms with Gasteiger partial charge in [-0.1, -0.05) is 6.07 Å². The molecule has 1 atom stereocenters. The van der Waals surface area contributed by atoms with Gasteiger partial charge in [-0.25, -0.2) is 4.79 Å². The summed E-state index contributed by atoms with van der Waals surface area (Å²) in [5.74, 6) is -3.88. The van der Waals surface area contributed by atoms with Crippen molar-refractivity contribution in [3.8, 4) is 0 Å². The number of carbonyl (C=O) groups excluding carboxylic acids is 5. The van der Waals surface area contributed by atoms with Gasteiger partial charge >= 0.3 is 5.97 Å². The van der Waals surface area contributed by atoms with Crippen LogP contribution < -0.4 is 15.5 Å². The van der Waals surface area contributed by atoms with Gasteiger partial charge in [0.25, 0.3) is 17.7 Å². The molecule has 38 heavy (non-hydrogen) atoms. The van der Waals surface area contributed by atoms with Crippen LogP contribution in [0.1, 0.15) is 33.6 Å². The number of imide groups is 2. The molecule has 0 spiro atoms. The summed E-state index contributed by atoms with van der Waals surface area (Å²) in [5, 5.41) is 13.3. The standard InChI is InChI=1S/C24H25N5O9/c30-18-5-4-17(22(34)27-18)29-23(35)14-2-1-3-16(20(14)24(29)36)28-8-6-15(26-13-28)21(33)25-7-9-37-10-11-38-12-19(31)32/h1-3,6,8,17H,4-5,7,9-13H2,(H,25,33)(H,31,32)(H,27,30,34). The van der Waals surface area contributed by atoms with Gasteiger partial charge in [0.1, 0.15) is 25.0 Å². The number of carbonyl (C=O) groups is 6. The highest BCUT2D eigenvalue weighted by atomic mass is 16.5. The molecular formula is C24H25N5O9. The fraction of sp³-hybridized carbons (Fsp3) is 0.375. The lowest BCUT2D eigenvalue weighted by atomic mass is 10.0. The largest absolute Gasteiger partial charge is 0.480 e. The van der Waals surface area contributed by atoms with Crippen molar-refractivity contribution in [1.82, 2.24) is 15.5 Å². The molecule has 0 bridgehead atoms. The summed E-state index contributed by atoms with van der Waals surface area (Å²) in [5.41, 5.74) is 0.825. The van der Waals surface area contributed by atoms with E-state index < -0.39 is 48.2 Å². The highest BCUT2D eigenvalue weighted by molar-refractivity contribution is 6.43. The van der Waals surface area contributed by atoms with Gasteiger partial charge in [-0.2, -0.15) is 0 Å². The van der Waals surface area contributed by atoms with Gasteiger partial charge in [-0.15, -0.1) is 0 Å². The molecule has 14 nitrogen and oxygen atoms in total. The molecule has 3 heterocycles. The van der Waals surface area contributed by atoms with Crippen LogP contribution in [0.2, 0.25) is 0 Å². The Morgan fingerprint density at radius 2 is 1.89 bits per heavy atom. The predicted octanol–water partition coefficient (Wildman–Crippen LogP) is -0.946. The first-order chi connectivity index (χ1) is 18.3. The van der Waals surface area contributed by atoms with E-state index in [0.29, 0.717) is 5.69 Å². The van der Waals surface area contributed by atoms with Gasteiger partial charge in [0, 0.05) is 19.2 Å². The molecule has 1 saturated heterocycles. The van der Waals surface area contributed by atoms with Crippen LogP contribution in [0.4, 0.5) is 5.69 Å². The van der Waals surface area contributed by atoms with E-state index >= 15 is 0 Å². The summed E-state index contributed by atoms with van der Waals surface area (Å²) in [4.78, 5) is 79.6. The first kappa shape index (κ1) is 26.6. The molecule has 200 valence electrons. The van der Waals surface area contributed by atoms with Crippen LogP contribution in [0.5, 0.6) is 0 Å². The highest BCUT2D eigenvalue weighted by Gasteiger charge is 2.46. The van der Waals surface area contributed by atoms with Gasteiger partial charge in [0.05, 0.1) is 36.6 Å². The van der Waals surface area contributed by atoms with Crippen LogP contribution >= 0.6 is 0 Å². The molecule has 5 amide bonds. The number of aliphatic carboxylic acids is 1. The number of anilines is 1. The second-order valence-corrected chi connectivity index (χ2v) is 8.43. The van der Waals surface area contributed by atoms with Crippen molar-refractivity contribution in [2.75, 3.05) is 44.5 Å². The third-order valence-corrected chi connectivity index (χ3v) is 5.92. The number of benzene rings is 1. The van der Waals surface area contributed by atoms with Crippen LogP contribution in [0.3, 0.4) is 0 Å². The highest BCUT2D eigenvalue weighted by Crippen LogP contribution is 2.34. The van der Waals surface area contributed by atoms with Crippen LogP contribution in [0.15, 0.2) is 35.5 Å². The van der Waals surface area contributed by atoms with Crippen molar-refractivity contribution < 1.29 is 43.3 Å². The lowest BCUT2D eigenvalue weighted by Gasteiger charge is -2.28. The molecule has 0 saturated carbocycles. The van der Waals surface area contributed by atoms with E-state index in [-0.39, 0.29) is 62.7 Å². The SMILES string of the molecule is O=C(O)COCCOCCNC(=O)C1=NCN(c2cccc3c2C(=O)N(C2CCC(=O)NC2=O)C3=O)C=C1. The van der Waals surface area contributed by atoms with Crippen LogP contribution in [0.25, 0.3) is 0 Å². The first-order valence-corrected chi connectivity index (χ1v) is 11.8. The summed E-state index contributed by atoms with van der Waals surface area (Å²) in [6.45, 7) is 0.301. The lowest BCUT2D eigenvalue weighted by Crippen LogP contribution is -2.54. The number of piperidine rings is 1. The summed E-state index contributed by atoms with van der Waals surface area (Å²) < 4.78 is 10.1. The Morgan fingerprint density at radius 3 is 2.61 bits per heavy atom. The topological polar surface area (TPSA) is 184 Å². The number of fused-ring (bicyclic) bond motifs is 1. The fourth-order valence-electron chi connectivity index (χ4n) is 4.16. The predicted molar refractivity (Wildman–Crippen MR) is 129 cm³/mol. The molecule has 3 N–H and O–H groups in total. The Balaban J connectivity index is 1.33.